The molecule has 2 rings (SSSR count). The molecule has 0 spiro atoms. The van der Waals surface area contributed by atoms with Crippen LogP contribution in [0, 0.1) is 0 Å². The summed E-state index contributed by atoms with van der Waals surface area (Å²) < 4.78 is 11.7. The minimum atomic E-state index is 0.499. The summed E-state index contributed by atoms with van der Waals surface area (Å²) in [5.74, 6) is 1.58. The smallest absolute Gasteiger partial charge is 0.134 e. The van der Waals surface area contributed by atoms with E-state index in [2.05, 4.69) is 20.9 Å². The van der Waals surface area contributed by atoms with Gasteiger partial charge in [0.15, 0.2) is 0 Å². The predicted molar refractivity (Wildman–Crippen MR) is 69.3 cm³/mol. The van der Waals surface area contributed by atoms with Crippen LogP contribution in [-0.2, 0) is 6.61 Å². The van der Waals surface area contributed by atoms with E-state index in [1.807, 2.05) is 30.3 Å². The molecule has 0 aliphatic heterocycles. The molecule has 17 heavy (non-hydrogen) atoms. The zero-order chi connectivity index (χ0) is 12.1. The molecule has 2 aromatic rings. The van der Waals surface area contributed by atoms with Crippen molar-refractivity contribution in [3.8, 4) is 11.5 Å². The van der Waals surface area contributed by atoms with Crippen molar-refractivity contribution < 1.29 is 9.47 Å². The van der Waals surface area contributed by atoms with E-state index in [-0.39, 0.29) is 0 Å². The van der Waals surface area contributed by atoms with Gasteiger partial charge in [-0.25, -0.2) is 0 Å². The normalized spacial score (nSPS) is 10.0. The van der Waals surface area contributed by atoms with E-state index in [1.165, 1.54) is 0 Å². The fourth-order valence-corrected chi connectivity index (χ4v) is 1.84. The fourth-order valence-electron chi connectivity index (χ4n) is 1.37. The number of hydrogen-bond donors (Lipinski definition) is 0. The van der Waals surface area contributed by atoms with Gasteiger partial charge in [0.05, 0.1) is 11.6 Å². The summed E-state index contributed by atoms with van der Waals surface area (Å²) in [4.78, 5) is 4.04. The number of methoxy groups -OCH3 is 1. The molecule has 4 heteroatoms. The number of benzene rings is 1. The third kappa shape index (κ3) is 3.20. The lowest BCUT2D eigenvalue weighted by atomic mass is 10.3. The second-order valence-electron chi connectivity index (χ2n) is 3.45. The lowest BCUT2D eigenvalue weighted by Gasteiger charge is -2.09. The summed E-state index contributed by atoms with van der Waals surface area (Å²) >= 11 is 3.44. The Morgan fingerprint density at radius 2 is 2.18 bits per heavy atom. The molecule has 3 nitrogen and oxygen atoms in total. The number of ether oxygens (including phenoxy) is 2. The Morgan fingerprint density at radius 3 is 2.82 bits per heavy atom. The Kier molecular flexibility index (Phi) is 3.98. The molecule has 0 amide bonds. The van der Waals surface area contributed by atoms with Crippen molar-refractivity contribution in [2.75, 3.05) is 7.11 Å². The topological polar surface area (TPSA) is 31.4 Å². The average Bonchev–Trinajstić information content (AvgIpc) is 2.38. The van der Waals surface area contributed by atoms with Gasteiger partial charge in [-0.05, 0) is 40.2 Å². The molecule has 0 radical (unpaired) electrons. The van der Waals surface area contributed by atoms with Gasteiger partial charge < -0.3 is 9.47 Å². The van der Waals surface area contributed by atoms with Crippen molar-refractivity contribution in [3.63, 3.8) is 0 Å². The summed E-state index contributed by atoms with van der Waals surface area (Å²) in [6, 6.07) is 9.48. The van der Waals surface area contributed by atoms with E-state index in [9.17, 15) is 0 Å². The monoisotopic (exact) mass is 293 g/mol. The third-order valence-corrected chi connectivity index (χ3v) is 2.88. The second-order valence-corrected chi connectivity index (χ2v) is 4.30. The van der Waals surface area contributed by atoms with Crippen LogP contribution in [0.15, 0.2) is 47.2 Å². The van der Waals surface area contributed by atoms with Crippen LogP contribution in [0.3, 0.4) is 0 Å². The maximum atomic E-state index is 5.68. The van der Waals surface area contributed by atoms with E-state index in [1.54, 1.807) is 19.5 Å². The van der Waals surface area contributed by atoms with Gasteiger partial charge in [-0.1, -0.05) is 6.07 Å². The highest BCUT2D eigenvalue weighted by atomic mass is 79.9. The van der Waals surface area contributed by atoms with Gasteiger partial charge in [0.1, 0.15) is 18.1 Å². The number of pyridine rings is 1. The zero-order valence-corrected chi connectivity index (χ0v) is 11.0. The van der Waals surface area contributed by atoms with Gasteiger partial charge in [-0.2, -0.15) is 0 Å². The first kappa shape index (κ1) is 11.9. The van der Waals surface area contributed by atoms with Gasteiger partial charge in [0.2, 0.25) is 0 Å². The molecule has 1 aromatic heterocycles. The highest BCUT2D eigenvalue weighted by Crippen LogP contribution is 2.29. The van der Waals surface area contributed by atoms with Crippen LogP contribution >= 0.6 is 15.9 Å². The van der Waals surface area contributed by atoms with Crippen LogP contribution in [0.5, 0.6) is 11.5 Å². The van der Waals surface area contributed by atoms with Gasteiger partial charge in [-0.3, -0.25) is 4.98 Å². The van der Waals surface area contributed by atoms with Crippen LogP contribution in [0.4, 0.5) is 0 Å². The highest BCUT2D eigenvalue weighted by molar-refractivity contribution is 9.10. The lowest BCUT2D eigenvalue weighted by Crippen LogP contribution is -1.96. The summed E-state index contributed by atoms with van der Waals surface area (Å²) in [5.41, 5.74) is 1.04. The number of halogens is 1. The van der Waals surface area contributed by atoms with Crippen LogP contribution in [0.25, 0.3) is 0 Å². The Morgan fingerprint density at radius 1 is 1.29 bits per heavy atom. The Hall–Kier alpha value is -1.55. The number of rotatable bonds is 4. The van der Waals surface area contributed by atoms with Crippen LogP contribution < -0.4 is 9.47 Å². The molecule has 1 heterocycles. The van der Waals surface area contributed by atoms with E-state index in [4.69, 9.17) is 9.47 Å². The molecule has 1 aromatic carbocycles. The first-order valence-electron chi connectivity index (χ1n) is 5.15. The molecule has 0 aliphatic carbocycles. The van der Waals surface area contributed by atoms with Crippen molar-refractivity contribution in [2.24, 2.45) is 0 Å². The number of hydrogen-bond acceptors (Lipinski definition) is 3. The number of nitrogens with zero attached hydrogens (tertiary/aromatic N) is 1. The first-order valence-corrected chi connectivity index (χ1v) is 5.94. The Balaban J connectivity index is 2.04. The standard InChI is InChI=1S/C13H12BrNO2/c1-16-11-4-5-13(12(14)7-11)17-9-10-3-2-6-15-8-10/h2-8H,9H2,1H3. The van der Waals surface area contributed by atoms with Crippen molar-refractivity contribution in [1.82, 2.24) is 4.98 Å². The van der Waals surface area contributed by atoms with Crippen LogP contribution in [-0.4, -0.2) is 12.1 Å². The maximum absolute atomic E-state index is 5.68. The van der Waals surface area contributed by atoms with E-state index in [0.717, 1.165) is 21.5 Å². The molecule has 0 N–H and O–H groups in total. The summed E-state index contributed by atoms with van der Waals surface area (Å²) in [7, 11) is 1.64. The number of aromatic nitrogens is 1. The predicted octanol–water partition coefficient (Wildman–Crippen LogP) is 3.43. The Labute approximate surface area is 109 Å². The van der Waals surface area contributed by atoms with Gasteiger partial charge in [0, 0.05) is 18.0 Å². The maximum Gasteiger partial charge on any atom is 0.134 e. The summed E-state index contributed by atoms with van der Waals surface area (Å²) in [5, 5.41) is 0. The molecular formula is C13H12BrNO2. The van der Waals surface area contributed by atoms with Crippen molar-refractivity contribution in [1.29, 1.82) is 0 Å². The molecule has 0 aliphatic rings. The van der Waals surface area contributed by atoms with Crippen LogP contribution in [0.2, 0.25) is 0 Å². The van der Waals surface area contributed by atoms with Crippen molar-refractivity contribution >= 4 is 15.9 Å². The molecule has 0 bridgehead atoms. The minimum Gasteiger partial charge on any atom is -0.497 e. The van der Waals surface area contributed by atoms with E-state index < -0.39 is 0 Å². The third-order valence-electron chi connectivity index (χ3n) is 2.26. The van der Waals surface area contributed by atoms with E-state index >= 15 is 0 Å². The molecule has 0 saturated heterocycles. The van der Waals surface area contributed by atoms with Gasteiger partial charge >= 0.3 is 0 Å². The molecular weight excluding hydrogens is 282 g/mol. The quantitative estimate of drug-likeness (QED) is 0.865. The first-order chi connectivity index (χ1) is 8.29. The highest BCUT2D eigenvalue weighted by Gasteiger charge is 2.03. The SMILES string of the molecule is COc1ccc(OCc2cccnc2)c(Br)c1. The second kappa shape index (κ2) is 5.68. The average molecular weight is 294 g/mol. The van der Waals surface area contributed by atoms with E-state index in [0.29, 0.717) is 6.61 Å². The molecule has 88 valence electrons. The largest absolute Gasteiger partial charge is 0.497 e. The molecule has 0 fully saturated rings. The van der Waals surface area contributed by atoms with Crippen molar-refractivity contribution in [3.05, 3.63) is 52.8 Å². The fraction of sp³-hybridized carbons (Fsp3) is 0.154. The van der Waals surface area contributed by atoms with Gasteiger partial charge in [-0.15, -0.1) is 0 Å². The zero-order valence-electron chi connectivity index (χ0n) is 9.39. The molecule has 0 unspecified atom stereocenters. The summed E-state index contributed by atoms with van der Waals surface area (Å²) in [6.07, 6.45) is 3.53. The van der Waals surface area contributed by atoms with Crippen LogP contribution in [0.1, 0.15) is 5.56 Å². The Bertz CT molecular complexity index is 488. The summed E-state index contributed by atoms with van der Waals surface area (Å²) in [6.45, 7) is 0.499. The van der Waals surface area contributed by atoms with Crippen molar-refractivity contribution in [2.45, 2.75) is 6.61 Å². The molecule has 0 saturated carbocycles. The minimum absolute atomic E-state index is 0.499. The van der Waals surface area contributed by atoms with Gasteiger partial charge in [0.25, 0.3) is 0 Å². The lowest BCUT2D eigenvalue weighted by molar-refractivity contribution is 0.303. The molecule has 0 atom stereocenters.